The zero-order valence-corrected chi connectivity index (χ0v) is 9.91. The Labute approximate surface area is 91.4 Å². The third kappa shape index (κ3) is 3.42. The third-order valence-corrected chi connectivity index (χ3v) is 2.15. The van der Waals surface area contributed by atoms with Crippen LogP contribution in [-0.2, 0) is 0 Å². The van der Waals surface area contributed by atoms with Crippen LogP contribution in [0.15, 0.2) is 18.2 Å². The molecular formula is C11H21N4+. The van der Waals surface area contributed by atoms with Gasteiger partial charge in [0.1, 0.15) is 19.8 Å². The maximum atomic E-state index is 5.94. The molecule has 4 heteroatoms. The van der Waals surface area contributed by atoms with E-state index in [9.17, 15) is 0 Å². The first kappa shape index (κ1) is 11.8. The number of nitrogen functional groups attached to an aromatic ring is 1. The van der Waals surface area contributed by atoms with E-state index in [2.05, 4.69) is 25.3 Å². The van der Waals surface area contributed by atoms with E-state index in [-0.39, 0.29) is 4.70 Å². The van der Waals surface area contributed by atoms with Crippen molar-refractivity contribution >= 4 is 11.4 Å². The largest absolute Gasteiger partial charge is 0.397 e. The van der Waals surface area contributed by atoms with Gasteiger partial charge < -0.3 is 5.73 Å². The molecule has 0 radical (unpaired) electrons. The molecular weight excluding hydrogens is 188 g/mol. The number of nitrogens with one attached hydrogen (secondary N) is 1. The zero-order valence-electron chi connectivity index (χ0n) is 9.91. The standard InChI is InChI=1S/C11H21N4/c1-8(2)9-5-6-11(10(12)7-9)14-15(3,4)13/h5-8,14H,12-13H2,1-4H3/q+1. The van der Waals surface area contributed by atoms with E-state index >= 15 is 0 Å². The van der Waals surface area contributed by atoms with E-state index in [1.54, 1.807) is 0 Å². The summed E-state index contributed by atoms with van der Waals surface area (Å²) < 4.78 is 0.158. The molecule has 84 valence electrons. The van der Waals surface area contributed by atoms with Crippen molar-refractivity contribution in [2.24, 2.45) is 5.84 Å². The summed E-state index contributed by atoms with van der Waals surface area (Å²) in [6.45, 7) is 4.29. The summed E-state index contributed by atoms with van der Waals surface area (Å²) in [5.41, 5.74) is 11.9. The zero-order chi connectivity index (χ0) is 11.6. The van der Waals surface area contributed by atoms with Crippen LogP contribution < -0.4 is 17.0 Å². The third-order valence-electron chi connectivity index (χ3n) is 2.15. The van der Waals surface area contributed by atoms with Crippen LogP contribution in [0, 0.1) is 0 Å². The Morgan fingerprint density at radius 3 is 2.27 bits per heavy atom. The second-order valence-electron chi connectivity index (χ2n) is 4.65. The molecule has 0 unspecified atom stereocenters. The lowest BCUT2D eigenvalue weighted by molar-refractivity contribution is -0.880. The van der Waals surface area contributed by atoms with Gasteiger partial charge >= 0.3 is 0 Å². The second kappa shape index (κ2) is 4.08. The summed E-state index contributed by atoms with van der Waals surface area (Å²) in [6.07, 6.45) is 0. The van der Waals surface area contributed by atoms with E-state index in [1.165, 1.54) is 5.56 Å². The summed E-state index contributed by atoms with van der Waals surface area (Å²) in [5, 5.41) is 0. The molecule has 4 nitrogen and oxygen atoms in total. The van der Waals surface area contributed by atoms with Crippen LogP contribution in [0.3, 0.4) is 0 Å². The predicted octanol–water partition coefficient (Wildman–Crippen LogP) is 1.67. The monoisotopic (exact) mass is 209 g/mol. The average molecular weight is 209 g/mol. The van der Waals surface area contributed by atoms with Crippen LogP contribution in [-0.4, -0.2) is 18.8 Å². The first-order valence-electron chi connectivity index (χ1n) is 5.10. The van der Waals surface area contributed by atoms with Crippen molar-refractivity contribution in [2.45, 2.75) is 19.8 Å². The molecule has 1 aromatic carbocycles. The number of hydrogen-bond acceptors (Lipinski definition) is 3. The van der Waals surface area contributed by atoms with Gasteiger partial charge in [0.05, 0.1) is 5.69 Å². The minimum atomic E-state index is 0.158. The molecule has 1 rings (SSSR count). The Balaban J connectivity index is 2.94. The highest BCUT2D eigenvalue weighted by Gasteiger charge is 2.11. The van der Waals surface area contributed by atoms with Gasteiger partial charge in [-0.25, -0.2) is 5.43 Å². The lowest BCUT2D eigenvalue weighted by Gasteiger charge is -2.24. The fourth-order valence-corrected chi connectivity index (χ4v) is 1.35. The molecule has 1 aromatic rings. The quantitative estimate of drug-likeness (QED) is 0.307. The Morgan fingerprint density at radius 1 is 1.27 bits per heavy atom. The summed E-state index contributed by atoms with van der Waals surface area (Å²) >= 11 is 0. The normalized spacial score (nSPS) is 11.9. The summed E-state index contributed by atoms with van der Waals surface area (Å²) in [7, 11) is 3.69. The molecule has 0 aliphatic carbocycles. The highest BCUT2D eigenvalue weighted by molar-refractivity contribution is 5.66. The van der Waals surface area contributed by atoms with E-state index in [0.717, 1.165) is 11.4 Å². The maximum absolute atomic E-state index is 5.94. The van der Waals surface area contributed by atoms with Gasteiger partial charge in [-0.3, -0.25) is 0 Å². The molecule has 0 spiro atoms. The Morgan fingerprint density at radius 2 is 1.87 bits per heavy atom. The SMILES string of the molecule is CC(C)c1ccc(N[N+](C)(C)N)c(N)c1. The van der Waals surface area contributed by atoms with Crippen LogP contribution in [0.4, 0.5) is 11.4 Å². The van der Waals surface area contributed by atoms with Crippen LogP contribution >= 0.6 is 0 Å². The number of hydrogen-bond donors (Lipinski definition) is 3. The van der Waals surface area contributed by atoms with Crippen molar-refractivity contribution < 1.29 is 4.70 Å². The number of quaternary nitrogens is 1. The number of benzene rings is 1. The van der Waals surface area contributed by atoms with Crippen molar-refractivity contribution in [3.63, 3.8) is 0 Å². The summed E-state index contributed by atoms with van der Waals surface area (Å²) in [6, 6.07) is 6.03. The van der Waals surface area contributed by atoms with Crippen LogP contribution in [0.5, 0.6) is 0 Å². The van der Waals surface area contributed by atoms with Crippen LogP contribution in [0.2, 0.25) is 0 Å². The van der Waals surface area contributed by atoms with Gasteiger partial charge in [0, 0.05) is 0 Å². The van der Waals surface area contributed by atoms with Gasteiger partial charge in [0.15, 0.2) is 0 Å². The lowest BCUT2D eigenvalue weighted by atomic mass is 10.0. The molecule has 15 heavy (non-hydrogen) atoms. The molecule has 5 N–H and O–H groups in total. The molecule has 0 aromatic heterocycles. The van der Waals surface area contributed by atoms with Crippen molar-refractivity contribution in [3.8, 4) is 0 Å². The molecule has 0 fully saturated rings. The summed E-state index contributed by atoms with van der Waals surface area (Å²) in [4.78, 5) is 0. The van der Waals surface area contributed by atoms with E-state index in [4.69, 9.17) is 11.6 Å². The van der Waals surface area contributed by atoms with Gasteiger partial charge in [0.25, 0.3) is 0 Å². The first-order valence-corrected chi connectivity index (χ1v) is 5.10. The second-order valence-corrected chi connectivity index (χ2v) is 4.65. The Kier molecular flexibility index (Phi) is 3.21. The molecule has 0 saturated carbocycles. The average Bonchev–Trinajstić information content (AvgIpc) is 2.05. The van der Waals surface area contributed by atoms with Crippen LogP contribution in [0.1, 0.15) is 25.3 Å². The Hall–Kier alpha value is -1.26. The molecule has 0 aliphatic heterocycles. The number of anilines is 2. The van der Waals surface area contributed by atoms with Gasteiger partial charge in [-0.15, -0.1) is 0 Å². The number of nitrogens with zero attached hydrogens (tertiary/aromatic N) is 1. The van der Waals surface area contributed by atoms with Crippen molar-refractivity contribution in [1.29, 1.82) is 0 Å². The van der Waals surface area contributed by atoms with Gasteiger partial charge in [-0.1, -0.05) is 19.9 Å². The fraction of sp³-hybridized carbons (Fsp3) is 0.455. The van der Waals surface area contributed by atoms with E-state index in [1.807, 2.05) is 26.2 Å². The smallest absolute Gasteiger partial charge is 0.110 e. The fourth-order valence-electron chi connectivity index (χ4n) is 1.35. The van der Waals surface area contributed by atoms with Crippen molar-refractivity contribution in [2.75, 3.05) is 25.3 Å². The van der Waals surface area contributed by atoms with Crippen LogP contribution in [0.25, 0.3) is 0 Å². The molecule has 0 saturated heterocycles. The topological polar surface area (TPSA) is 64.1 Å². The molecule has 0 bridgehead atoms. The highest BCUT2D eigenvalue weighted by atomic mass is 15.8. The minimum absolute atomic E-state index is 0.158. The highest BCUT2D eigenvalue weighted by Crippen LogP contribution is 2.24. The molecule has 0 aliphatic rings. The number of rotatable bonds is 3. The molecule has 0 atom stereocenters. The number of nitrogens with two attached hydrogens (primary N) is 2. The van der Waals surface area contributed by atoms with Crippen molar-refractivity contribution in [3.05, 3.63) is 23.8 Å². The van der Waals surface area contributed by atoms with E-state index in [0.29, 0.717) is 5.92 Å². The Bertz CT molecular complexity index is 339. The van der Waals surface area contributed by atoms with Gasteiger partial charge in [0.2, 0.25) is 0 Å². The first-order chi connectivity index (χ1) is 6.79. The maximum Gasteiger partial charge on any atom is 0.110 e. The molecule has 0 heterocycles. The van der Waals surface area contributed by atoms with Gasteiger partial charge in [-0.05, 0) is 23.6 Å². The van der Waals surface area contributed by atoms with Crippen molar-refractivity contribution in [1.82, 2.24) is 0 Å². The summed E-state index contributed by atoms with van der Waals surface area (Å²) in [5.74, 6) is 6.29. The van der Waals surface area contributed by atoms with E-state index < -0.39 is 0 Å². The predicted molar refractivity (Wildman–Crippen MR) is 64.9 cm³/mol. The van der Waals surface area contributed by atoms with Gasteiger partial charge in [-0.2, -0.15) is 10.5 Å². The minimum Gasteiger partial charge on any atom is -0.397 e. The lowest BCUT2D eigenvalue weighted by Crippen LogP contribution is -2.51. The molecule has 0 amide bonds.